The van der Waals surface area contributed by atoms with E-state index in [1.807, 2.05) is 30.3 Å². The Morgan fingerprint density at radius 1 is 1.27 bits per heavy atom. The van der Waals surface area contributed by atoms with Crippen LogP contribution < -0.4 is 5.32 Å². The van der Waals surface area contributed by atoms with Crippen molar-refractivity contribution in [2.24, 2.45) is 5.92 Å². The molecule has 7 heteroatoms. The highest BCUT2D eigenvalue weighted by molar-refractivity contribution is 5.78. The van der Waals surface area contributed by atoms with Gasteiger partial charge in [-0.25, -0.2) is 4.98 Å². The summed E-state index contributed by atoms with van der Waals surface area (Å²) in [5.74, 6) is 1.43. The number of H-pyrrole nitrogens is 1. The Balaban J connectivity index is 1.55. The number of likely N-dealkylation sites (N-methyl/N-ethyl adjacent to an activating group) is 2. The molecule has 140 valence electrons. The topological polar surface area (TPSA) is 77.1 Å². The predicted octanol–water partition coefficient (Wildman–Crippen LogP) is 1.36. The monoisotopic (exact) mass is 356 g/mol. The fourth-order valence-corrected chi connectivity index (χ4v) is 3.43. The van der Waals surface area contributed by atoms with Gasteiger partial charge in [-0.1, -0.05) is 30.3 Å². The van der Waals surface area contributed by atoms with E-state index >= 15 is 0 Å². The Kier molecular flexibility index (Phi) is 6.00. The summed E-state index contributed by atoms with van der Waals surface area (Å²) >= 11 is 0. The SMILES string of the molecule is CN1C[C@H](C(=O)NCc2nc(-c3ccccc3)n[nH]2)CC[C@H](N(C)C)C1. The summed E-state index contributed by atoms with van der Waals surface area (Å²) in [6.07, 6.45) is 1.95. The first-order valence-electron chi connectivity index (χ1n) is 9.12. The van der Waals surface area contributed by atoms with Crippen LogP contribution in [0.1, 0.15) is 18.7 Å². The lowest BCUT2D eigenvalue weighted by Crippen LogP contribution is -2.39. The van der Waals surface area contributed by atoms with Gasteiger partial charge >= 0.3 is 0 Å². The summed E-state index contributed by atoms with van der Waals surface area (Å²) in [6.45, 7) is 2.16. The van der Waals surface area contributed by atoms with Crippen LogP contribution in [0.4, 0.5) is 0 Å². The average Bonchev–Trinajstić information content (AvgIpc) is 3.02. The minimum atomic E-state index is 0.0152. The molecule has 0 aliphatic carbocycles. The maximum absolute atomic E-state index is 12.6. The highest BCUT2D eigenvalue weighted by Crippen LogP contribution is 2.19. The number of carbonyl (C=O) groups is 1. The smallest absolute Gasteiger partial charge is 0.224 e. The highest BCUT2D eigenvalue weighted by Gasteiger charge is 2.27. The number of aromatic amines is 1. The van der Waals surface area contributed by atoms with Crippen molar-refractivity contribution in [3.63, 3.8) is 0 Å². The standard InChI is InChI=1S/C19H28N6O/c1-24(2)16-10-9-15(12-25(3)13-16)19(26)20-11-17-21-18(23-22-17)14-7-5-4-6-8-14/h4-8,15-16H,9-13H2,1-3H3,(H,20,26)(H,21,22,23)/t15-,16+/m1/s1. The van der Waals surface area contributed by atoms with Gasteiger partial charge in [-0.05, 0) is 34.0 Å². The van der Waals surface area contributed by atoms with Crippen LogP contribution in [0.3, 0.4) is 0 Å². The summed E-state index contributed by atoms with van der Waals surface area (Å²) in [5, 5.41) is 10.2. The van der Waals surface area contributed by atoms with Crippen LogP contribution in [-0.4, -0.2) is 71.2 Å². The fourth-order valence-electron chi connectivity index (χ4n) is 3.43. The van der Waals surface area contributed by atoms with Crippen LogP contribution in [-0.2, 0) is 11.3 Å². The Labute approximate surface area is 154 Å². The van der Waals surface area contributed by atoms with E-state index < -0.39 is 0 Å². The molecule has 1 aliphatic heterocycles. The van der Waals surface area contributed by atoms with Gasteiger partial charge in [0, 0.05) is 24.7 Å². The molecule has 1 fully saturated rings. The van der Waals surface area contributed by atoms with E-state index in [0.29, 0.717) is 24.2 Å². The molecule has 1 amide bonds. The molecule has 0 radical (unpaired) electrons. The molecule has 2 aromatic rings. The lowest BCUT2D eigenvalue weighted by Gasteiger charge is -2.25. The second-order valence-electron chi connectivity index (χ2n) is 7.30. The highest BCUT2D eigenvalue weighted by atomic mass is 16.1. The molecule has 26 heavy (non-hydrogen) atoms. The van der Waals surface area contributed by atoms with Gasteiger partial charge < -0.3 is 15.1 Å². The van der Waals surface area contributed by atoms with Gasteiger partial charge in [0.1, 0.15) is 5.82 Å². The maximum Gasteiger partial charge on any atom is 0.224 e. The van der Waals surface area contributed by atoms with Gasteiger partial charge in [-0.3, -0.25) is 9.89 Å². The van der Waals surface area contributed by atoms with Gasteiger partial charge in [-0.15, -0.1) is 0 Å². The molecule has 0 unspecified atom stereocenters. The Morgan fingerprint density at radius 3 is 2.77 bits per heavy atom. The first-order valence-corrected chi connectivity index (χ1v) is 9.12. The fraction of sp³-hybridized carbons (Fsp3) is 0.526. The van der Waals surface area contributed by atoms with Crippen LogP contribution in [0.15, 0.2) is 30.3 Å². The van der Waals surface area contributed by atoms with Crippen molar-refractivity contribution < 1.29 is 4.79 Å². The number of amides is 1. The van der Waals surface area contributed by atoms with Crippen LogP contribution in [0.2, 0.25) is 0 Å². The molecule has 2 atom stereocenters. The normalized spacial score (nSPS) is 21.5. The molecule has 1 saturated heterocycles. The number of likely N-dealkylation sites (tertiary alicyclic amines) is 1. The number of nitrogens with one attached hydrogen (secondary N) is 2. The molecular weight excluding hydrogens is 328 g/mol. The second-order valence-corrected chi connectivity index (χ2v) is 7.30. The third-order valence-electron chi connectivity index (χ3n) is 5.00. The predicted molar refractivity (Wildman–Crippen MR) is 101 cm³/mol. The van der Waals surface area contributed by atoms with E-state index in [-0.39, 0.29) is 11.8 Å². The summed E-state index contributed by atoms with van der Waals surface area (Å²) in [7, 11) is 6.30. The number of nitrogens with zero attached hydrogens (tertiary/aromatic N) is 4. The van der Waals surface area contributed by atoms with E-state index in [4.69, 9.17) is 0 Å². The van der Waals surface area contributed by atoms with Crippen LogP contribution in [0.25, 0.3) is 11.4 Å². The van der Waals surface area contributed by atoms with Crippen molar-refractivity contribution in [2.45, 2.75) is 25.4 Å². The van der Waals surface area contributed by atoms with Crippen LogP contribution >= 0.6 is 0 Å². The molecule has 2 N–H and O–H groups in total. The van der Waals surface area contributed by atoms with E-state index in [2.05, 4.69) is 51.4 Å². The van der Waals surface area contributed by atoms with Crippen LogP contribution in [0.5, 0.6) is 0 Å². The van der Waals surface area contributed by atoms with Gasteiger partial charge in [0.2, 0.25) is 5.91 Å². The third-order valence-corrected chi connectivity index (χ3v) is 5.00. The molecule has 1 aliphatic rings. The Bertz CT molecular complexity index is 714. The molecule has 0 saturated carbocycles. The summed E-state index contributed by atoms with van der Waals surface area (Å²) < 4.78 is 0. The first kappa shape index (κ1) is 18.5. The molecule has 2 heterocycles. The van der Waals surface area contributed by atoms with E-state index in [9.17, 15) is 4.79 Å². The maximum atomic E-state index is 12.6. The van der Waals surface area contributed by atoms with Crippen molar-refractivity contribution in [1.29, 1.82) is 0 Å². The van der Waals surface area contributed by atoms with Gasteiger partial charge in [-0.2, -0.15) is 5.10 Å². The minimum Gasteiger partial charge on any atom is -0.349 e. The zero-order chi connectivity index (χ0) is 18.5. The number of hydrogen-bond acceptors (Lipinski definition) is 5. The number of carbonyl (C=O) groups excluding carboxylic acids is 1. The largest absolute Gasteiger partial charge is 0.349 e. The summed E-state index contributed by atoms with van der Waals surface area (Å²) in [4.78, 5) is 21.6. The van der Waals surface area contributed by atoms with Crippen molar-refractivity contribution >= 4 is 5.91 Å². The summed E-state index contributed by atoms with van der Waals surface area (Å²) in [5.41, 5.74) is 0.960. The van der Waals surface area contributed by atoms with Gasteiger partial charge in [0.25, 0.3) is 0 Å². The third kappa shape index (κ3) is 4.68. The molecule has 1 aromatic heterocycles. The summed E-state index contributed by atoms with van der Waals surface area (Å²) in [6, 6.07) is 10.3. The number of rotatable bonds is 5. The Morgan fingerprint density at radius 2 is 2.04 bits per heavy atom. The molecular formula is C19H28N6O. The molecule has 1 aromatic carbocycles. The van der Waals surface area contributed by atoms with Gasteiger partial charge in [0.05, 0.1) is 12.5 Å². The lowest BCUT2D eigenvalue weighted by atomic mass is 10.0. The van der Waals surface area contributed by atoms with Crippen molar-refractivity contribution in [3.05, 3.63) is 36.2 Å². The average molecular weight is 356 g/mol. The van der Waals surface area contributed by atoms with E-state index in [1.165, 1.54) is 0 Å². The minimum absolute atomic E-state index is 0.0152. The van der Waals surface area contributed by atoms with E-state index in [0.717, 1.165) is 31.5 Å². The van der Waals surface area contributed by atoms with Gasteiger partial charge in [0.15, 0.2) is 5.82 Å². The zero-order valence-corrected chi connectivity index (χ0v) is 15.8. The number of benzene rings is 1. The first-order chi connectivity index (χ1) is 12.5. The zero-order valence-electron chi connectivity index (χ0n) is 15.8. The second kappa shape index (κ2) is 8.42. The Hall–Kier alpha value is -2.25. The van der Waals surface area contributed by atoms with Crippen molar-refractivity contribution in [1.82, 2.24) is 30.3 Å². The van der Waals surface area contributed by atoms with E-state index in [1.54, 1.807) is 0 Å². The number of hydrogen-bond donors (Lipinski definition) is 2. The molecule has 0 bridgehead atoms. The quantitative estimate of drug-likeness (QED) is 0.846. The number of aromatic nitrogens is 3. The molecule has 3 rings (SSSR count). The lowest BCUT2D eigenvalue weighted by molar-refractivity contribution is -0.125. The van der Waals surface area contributed by atoms with Crippen LogP contribution in [0, 0.1) is 5.92 Å². The molecule has 7 nitrogen and oxygen atoms in total. The van der Waals surface area contributed by atoms with Crippen molar-refractivity contribution in [2.75, 3.05) is 34.2 Å². The van der Waals surface area contributed by atoms with Crippen molar-refractivity contribution in [3.8, 4) is 11.4 Å². The molecule has 0 spiro atoms.